The molecule has 5 heteroatoms. The van der Waals surface area contributed by atoms with Crippen LogP contribution in [0, 0.1) is 5.82 Å². The number of benzene rings is 2. The number of rotatable bonds is 6. The Morgan fingerprint density at radius 3 is 2.48 bits per heavy atom. The second-order valence-corrected chi connectivity index (χ2v) is 5.12. The number of amides is 2. The number of halogens is 1. The zero-order valence-corrected chi connectivity index (χ0v) is 12.9. The number of nitrogens with one attached hydrogen (secondary N) is 2. The van der Waals surface area contributed by atoms with Crippen LogP contribution in [0.4, 0.5) is 10.1 Å². The average molecular weight is 314 g/mol. The Hall–Kier alpha value is -2.69. The molecule has 2 N–H and O–H groups in total. The number of anilines is 1. The van der Waals surface area contributed by atoms with E-state index in [9.17, 15) is 14.0 Å². The lowest BCUT2D eigenvalue weighted by atomic mass is 10.1. The van der Waals surface area contributed by atoms with Gasteiger partial charge in [0.2, 0.25) is 5.91 Å². The molecule has 0 unspecified atom stereocenters. The molecule has 0 saturated heterocycles. The van der Waals surface area contributed by atoms with Crippen molar-refractivity contribution in [3.05, 3.63) is 65.5 Å². The van der Waals surface area contributed by atoms with Crippen LogP contribution in [0.25, 0.3) is 0 Å². The summed E-state index contributed by atoms with van der Waals surface area (Å²) in [4.78, 5) is 23.8. The number of para-hydroxylation sites is 1. The van der Waals surface area contributed by atoms with Crippen LogP contribution in [-0.4, -0.2) is 18.9 Å². The first-order chi connectivity index (χ1) is 11.1. The van der Waals surface area contributed by atoms with E-state index < -0.39 is 0 Å². The van der Waals surface area contributed by atoms with Crippen molar-refractivity contribution >= 4 is 17.5 Å². The molecule has 0 aliphatic heterocycles. The molecular weight excluding hydrogens is 295 g/mol. The van der Waals surface area contributed by atoms with Gasteiger partial charge in [0.15, 0.2) is 0 Å². The van der Waals surface area contributed by atoms with Gasteiger partial charge in [-0.1, -0.05) is 30.3 Å². The van der Waals surface area contributed by atoms with Crippen molar-refractivity contribution < 1.29 is 14.0 Å². The van der Waals surface area contributed by atoms with Crippen molar-refractivity contribution in [3.8, 4) is 0 Å². The van der Waals surface area contributed by atoms with Crippen LogP contribution < -0.4 is 10.6 Å². The summed E-state index contributed by atoms with van der Waals surface area (Å²) in [6, 6.07) is 13.4. The molecule has 2 aromatic rings. The quantitative estimate of drug-likeness (QED) is 0.860. The van der Waals surface area contributed by atoms with Gasteiger partial charge in [0.25, 0.3) is 5.91 Å². The van der Waals surface area contributed by atoms with E-state index in [4.69, 9.17) is 0 Å². The van der Waals surface area contributed by atoms with Gasteiger partial charge in [-0.2, -0.15) is 0 Å². The highest BCUT2D eigenvalue weighted by Crippen LogP contribution is 2.16. The Labute approximate surface area is 134 Å². The zero-order chi connectivity index (χ0) is 16.7. The first-order valence-corrected chi connectivity index (χ1v) is 7.46. The lowest BCUT2D eigenvalue weighted by Gasteiger charge is -2.10. The fourth-order valence-electron chi connectivity index (χ4n) is 2.28. The van der Waals surface area contributed by atoms with Crippen LogP contribution in [0.1, 0.15) is 28.8 Å². The second kappa shape index (κ2) is 8.08. The molecule has 0 fully saturated rings. The maximum absolute atomic E-state index is 13.5. The molecule has 0 radical (unpaired) electrons. The fraction of sp³-hybridized carbons (Fsp3) is 0.222. The first kappa shape index (κ1) is 16.7. The molecule has 0 heterocycles. The van der Waals surface area contributed by atoms with Crippen molar-refractivity contribution in [3.63, 3.8) is 0 Å². The van der Waals surface area contributed by atoms with Crippen LogP contribution in [0.3, 0.4) is 0 Å². The normalized spacial score (nSPS) is 10.2. The third-order valence-electron chi connectivity index (χ3n) is 3.48. The third kappa shape index (κ3) is 4.64. The molecule has 23 heavy (non-hydrogen) atoms. The second-order valence-electron chi connectivity index (χ2n) is 5.12. The van der Waals surface area contributed by atoms with Gasteiger partial charge in [0.05, 0.1) is 11.3 Å². The largest absolute Gasteiger partial charge is 0.355 e. The van der Waals surface area contributed by atoms with E-state index in [0.29, 0.717) is 29.7 Å². The summed E-state index contributed by atoms with van der Waals surface area (Å²) in [5.74, 6) is -0.706. The SMILES string of the molecule is CNC(=O)c1ccccc1NC(=O)CCCc1ccccc1F. The number of aryl methyl sites for hydroxylation is 1. The van der Waals surface area contributed by atoms with Crippen LogP contribution in [0.2, 0.25) is 0 Å². The molecule has 120 valence electrons. The van der Waals surface area contributed by atoms with E-state index in [0.717, 1.165) is 0 Å². The molecule has 0 bridgehead atoms. The molecular formula is C18H19FN2O2. The summed E-state index contributed by atoms with van der Waals surface area (Å²) < 4.78 is 13.5. The van der Waals surface area contributed by atoms with Gasteiger partial charge in [-0.05, 0) is 36.6 Å². The molecule has 2 amide bonds. The van der Waals surface area contributed by atoms with Crippen LogP contribution >= 0.6 is 0 Å². The molecule has 0 aromatic heterocycles. The summed E-state index contributed by atoms with van der Waals surface area (Å²) in [5.41, 5.74) is 1.49. The fourth-order valence-corrected chi connectivity index (χ4v) is 2.28. The summed E-state index contributed by atoms with van der Waals surface area (Å²) >= 11 is 0. The van der Waals surface area contributed by atoms with Crippen molar-refractivity contribution in [1.29, 1.82) is 0 Å². The third-order valence-corrected chi connectivity index (χ3v) is 3.48. The van der Waals surface area contributed by atoms with Gasteiger partial charge < -0.3 is 10.6 Å². The maximum atomic E-state index is 13.5. The zero-order valence-electron chi connectivity index (χ0n) is 12.9. The average Bonchev–Trinajstić information content (AvgIpc) is 2.56. The summed E-state index contributed by atoms with van der Waals surface area (Å²) in [6.45, 7) is 0. The number of hydrogen-bond acceptors (Lipinski definition) is 2. The Kier molecular flexibility index (Phi) is 5.86. The van der Waals surface area contributed by atoms with Crippen LogP contribution in [-0.2, 0) is 11.2 Å². The van der Waals surface area contributed by atoms with Crippen molar-refractivity contribution in [2.24, 2.45) is 0 Å². The highest BCUT2D eigenvalue weighted by atomic mass is 19.1. The standard InChI is InChI=1S/C18H19FN2O2/c1-20-18(23)14-9-3-5-11-16(14)21-17(22)12-6-8-13-7-2-4-10-15(13)19/h2-5,7,9-11H,6,8,12H2,1H3,(H,20,23)(H,21,22). The van der Waals surface area contributed by atoms with Crippen molar-refractivity contribution in [2.75, 3.05) is 12.4 Å². The highest BCUT2D eigenvalue weighted by Gasteiger charge is 2.11. The summed E-state index contributed by atoms with van der Waals surface area (Å²) in [6.07, 6.45) is 1.29. The van der Waals surface area contributed by atoms with Crippen LogP contribution in [0.15, 0.2) is 48.5 Å². The Balaban J connectivity index is 1.91. The maximum Gasteiger partial charge on any atom is 0.253 e. The minimum Gasteiger partial charge on any atom is -0.355 e. The van der Waals surface area contributed by atoms with E-state index in [2.05, 4.69) is 10.6 Å². The predicted molar refractivity (Wildman–Crippen MR) is 87.8 cm³/mol. The molecule has 0 atom stereocenters. The monoisotopic (exact) mass is 314 g/mol. The lowest BCUT2D eigenvalue weighted by molar-refractivity contribution is -0.116. The van der Waals surface area contributed by atoms with Crippen LogP contribution in [0.5, 0.6) is 0 Å². The highest BCUT2D eigenvalue weighted by molar-refractivity contribution is 6.03. The van der Waals surface area contributed by atoms with Gasteiger partial charge in [-0.25, -0.2) is 4.39 Å². The van der Waals surface area contributed by atoms with Crippen molar-refractivity contribution in [1.82, 2.24) is 5.32 Å². The van der Waals surface area contributed by atoms with Gasteiger partial charge >= 0.3 is 0 Å². The summed E-state index contributed by atoms with van der Waals surface area (Å²) in [7, 11) is 1.54. The Bertz CT molecular complexity index is 701. The predicted octanol–water partition coefficient (Wildman–Crippen LogP) is 3.15. The van der Waals surface area contributed by atoms with Gasteiger partial charge in [-0.15, -0.1) is 0 Å². The summed E-state index contributed by atoms with van der Waals surface area (Å²) in [5, 5.41) is 5.27. The molecule has 0 saturated carbocycles. The van der Waals surface area contributed by atoms with Gasteiger partial charge in [0.1, 0.15) is 5.82 Å². The van der Waals surface area contributed by atoms with E-state index in [1.807, 2.05) is 0 Å². The minimum absolute atomic E-state index is 0.197. The van der Waals surface area contributed by atoms with Gasteiger partial charge in [0, 0.05) is 13.5 Å². The van der Waals surface area contributed by atoms with E-state index in [-0.39, 0.29) is 24.1 Å². The minimum atomic E-state index is -0.257. The first-order valence-electron chi connectivity index (χ1n) is 7.46. The molecule has 2 aromatic carbocycles. The van der Waals surface area contributed by atoms with E-state index in [1.54, 1.807) is 42.5 Å². The molecule has 0 aliphatic rings. The number of hydrogen-bond donors (Lipinski definition) is 2. The smallest absolute Gasteiger partial charge is 0.253 e. The Morgan fingerprint density at radius 2 is 1.74 bits per heavy atom. The van der Waals surface area contributed by atoms with Crippen molar-refractivity contribution in [2.45, 2.75) is 19.3 Å². The molecule has 0 aliphatic carbocycles. The lowest BCUT2D eigenvalue weighted by Crippen LogP contribution is -2.21. The molecule has 4 nitrogen and oxygen atoms in total. The number of carbonyl (C=O) groups excluding carboxylic acids is 2. The topological polar surface area (TPSA) is 58.2 Å². The Morgan fingerprint density at radius 1 is 1.04 bits per heavy atom. The molecule has 0 spiro atoms. The molecule has 2 rings (SSSR count). The van der Waals surface area contributed by atoms with E-state index in [1.165, 1.54) is 13.1 Å². The van der Waals surface area contributed by atoms with Gasteiger partial charge in [-0.3, -0.25) is 9.59 Å². The van der Waals surface area contributed by atoms with E-state index >= 15 is 0 Å². The number of carbonyl (C=O) groups is 2.